The highest BCUT2D eigenvalue weighted by Crippen LogP contribution is 2.24. The zero-order valence-electron chi connectivity index (χ0n) is 9.31. The Morgan fingerprint density at radius 3 is 2.69 bits per heavy atom. The van der Waals surface area contributed by atoms with E-state index >= 15 is 0 Å². The Morgan fingerprint density at radius 1 is 1.38 bits per heavy atom. The molecule has 0 aliphatic carbocycles. The van der Waals surface area contributed by atoms with Crippen LogP contribution in [0.15, 0.2) is 30.3 Å². The molecule has 1 aromatic heterocycles. The quantitative estimate of drug-likeness (QED) is 0.870. The average molecular weight is 236 g/mol. The maximum absolute atomic E-state index is 5.96. The Labute approximate surface area is 99.8 Å². The molecule has 0 bridgehead atoms. The number of aromatic nitrogens is 2. The predicted molar refractivity (Wildman–Crippen MR) is 66.3 cm³/mol. The van der Waals surface area contributed by atoms with Gasteiger partial charge in [-0.2, -0.15) is 5.10 Å². The van der Waals surface area contributed by atoms with Crippen LogP contribution in [0.2, 0.25) is 5.02 Å². The minimum atomic E-state index is -0.0564. The van der Waals surface area contributed by atoms with E-state index in [9.17, 15) is 0 Å². The molecule has 0 saturated heterocycles. The first kappa shape index (κ1) is 11.2. The van der Waals surface area contributed by atoms with Crippen LogP contribution in [0.5, 0.6) is 0 Å². The van der Waals surface area contributed by atoms with Gasteiger partial charge in [0.15, 0.2) is 0 Å². The van der Waals surface area contributed by atoms with Gasteiger partial charge >= 0.3 is 0 Å². The highest BCUT2D eigenvalue weighted by Gasteiger charge is 2.10. The Kier molecular flexibility index (Phi) is 2.99. The van der Waals surface area contributed by atoms with E-state index in [1.165, 1.54) is 0 Å². The molecule has 0 amide bonds. The van der Waals surface area contributed by atoms with Crippen molar-refractivity contribution < 1.29 is 0 Å². The lowest BCUT2D eigenvalue weighted by molar-refractivity contribution is 0.702. The van der Waals surface area contributed by atoms with E-state index in [0.29, 0.717) is 0 Å². The maximum atomic E-state index is 5.96. The highest BCUT2D eigenvalue weighted by atomic mass is 35.5. The first-order valence-electron chi connectivity index (χ1n) is 5.13. The van der Waals surface area contributed by atoms with Gasteiger partial charge in [0.1, 0.15) is 0 Å². The molecule has 16 heavy (non-hydrogen) atoms. The molecule has 1 atom stereocenters. The van der Waals surface area contributed by atoms with Gasteiger partial charge in [0.25, 0.3) is 0 Å². The lowest BCUT2D eigenvalue weighted by Crippen LogP contribution is -2.06. The summed E-state index contributed by atoms with van der Waals surface area (Å²) in [7, 11) is 1.90. The fourth-order valence-electron chi connectivity index (χ4n) is 1.63. The van der Waals surface area contributed by atoms with E-state index in [2.05, 4.69) is 5.10 Å². The van der Waals surface area contributed by atoms with Crippen LogP contribution in [-0.4, -0.2) is 9.78 Å². The van der Waals surface area contributed by atoms with Gasteiger partial charge in [-0.05, 0) is 25.1 Å². The molecule has 1 aromatic carbocycles. The van der Waals surface area contributed by atoms with Crippen LogP contribution in [0.25, 0.3) is 11.3 Å². The van der Waals surface area contributed by atoms with Crippen molar-refractivity contribution in [3.05, 3.63) is 41.0 Å². The molecule has 84 valence electrons. The van der Waals surface area contributed by atoms with Gasteiger partial charge in [0.2, 0.25) is 0 Å². The number of hydrogen-bond acceptors (Lipinski definition) is 2. The van der Waals surface area contributed by atoms with Gasteiger partial charge in [-0.1, -0.05) is 23.7 Å². The van der Waals surface area contributed by atoms with E-state index in [1.54, 1.807) is 0 Å². The Balaban J connectivity index is 2.48. The molecule has 2 aromatic rings. The number of aryl methyl sites for hydroxylation is 1. The Morgan fingerprint density at radius 2 is 2.12 bits per heavy atom. The van der Waals surface area contributed by atoms with Gasteiger partial charge in [-0.15, -0.1) is 0 Å². The maximum Gasteiger partial charge on any atom is 0.0795 e. The third kappa shape index (κ3) is 2.10. The van der Waals surface area contributed by atoms with E-state index in [4.69, 9.17) is 17.3 Å². The van der Waals surface area contributed by atoms with Crippen LogP contribution >= 0.6 is 11.6 Å². The van der Waals surface area contributed by atoms with Gasteiger partial charge in [0.05, 0.1) is 11.4 Å². The zero-order valence-corrected chi connectivity index (χ0v) is 10.1. The smallest absolute Gasteiger partial charge is 0.0795 e. The molecule has 0 radical (unpaired) electrons. The normalized spacial score (nSPS) is 12.8. The molecule has 1 unspecified atom stereocenters. The van der Waals surface area contributed by atoms with E-state index in [-0.39, 0.29) is 6.04 Å². The fraction of sp³-hybridized carbons (Fsp3) is 0.250. The molecule has 0 saturated carbocycles. The third-order valence-electron chi connectivity index (χ3n) is 2.49. The van der Waals surface area contributed by atoms with E-state index in [1.807, 2.05) is 49.0 Å². The van der Waals surface area contributed by atoms with Crippen molar-refractivity contribution in [3.8, 4) is 11.3 Å². The molecule has 3 nitrogen and oxygen atoms in total. The van der Waals surface area contributed by atoms with Crippen LogP contribution < -0.4 is 5.73 Å². The molecule has 0 aliphatic heterocycles. The molecule has 1 heterocycles. The summed E-state index contributed by atoms with van der Waals surface area (Å²) in [5.74, 6) is 0. The topological polar surface area (TPSA) is 43.8 Å². The molecule has 0 aliphatic rings. The van der Waals surface area contributed by atoms with Crippen LogP contribution in [0, 0.1) is 0 Å². The summed E-state index contributed by atoms with van der Waals surface area (Å²) in [5, 5.41) is 5.09. The minimum absolute atomic E-state index is 0.0564. The standard InChI is InChI=1S/C12H14ClN3/c1-8(14)11-7-12(16(2)15-11)9-4-3-5-10(13)6-9/h3-8H,14H2,1-2H3. The molecule has 2 N–H and O–H groups in total. The third-order valence-corrected chi connectivity index (χ3v) is 2.72. The average Bonchev–Trinajstić information content (AvgIpc) is 2.60. The van der Waals surface area contributed by atoms with Gasteiger partial charge in [0, 0.05) is 23.7 Å². The van der Waals surface area contributed by atoms with Crippen molar-refractivity contribution in [3.63, 3.8) is 0 Å². The predicted octanol–water partition coefficient (Wildman–Crippen LogP) is 2.76. The second-order valence-corrected chi connectivity index (χ2v) is 4.31. The van der Waals surface area contributed by atoms with Crippen molar-refractivity contribution >= 4 is 11.6 Å². The first-order valence-corrected chi connectivity index (χ1v) is 5.51. The van der Waals surface area contributed by atoms with Crippen molar-refractivity contribution in [2.45, 2.75) is 13.0 Å². The SMILES string of the molecule is CC(N)c1cc(-c2cccc(Cl)c2)n(C)n1. The molecular weight excluding hydrogens is 222 g/mol. The lowest BCUT2D eigenvalue weighted by atomic mass is 10.1. The van der Waals surface area contributed by atoms with Crippen molar-refractivity contribution in [2.24, 2.45) is 12.8 Å². The number of hydrogen-bond donors (Lipinski definition) is 1. The Bertz CT molecular complexity index is 503. The Hall–Kier alpha value is -1.32. The number of nitrogens with two attached hydrogens (primary N) is 1. The molecule has 2 rings (SSSR count). The molecule has 0 fully saturated rings. The van der Waals surface area contributed by atoms with Gasteiger partial charge in [-0.3, -0.25) is 4.68 Å². The van der Waals surface area contributed by atoms with E-state index in [0.717, 1.165) is 22.0 Å². The first-order chi connectivity index (χ1) is 7.58. The number of nitrogens with zero attached hydrogens (tertiary/aromatic N) is 2. The monoisotopic (exact) mass is 235 g/mol. The van der Waals surface area contributed by atoms with Crippen LogP contribution in [0.1, 0.15) is 18.7 Å². The zero-order chi connectivity index (χ0) is 11.7. The lowest BCUT2D eigenvalue weighted by Gasteiger charge is -2.01. The largest absolute Gasteiger partial charge is 0.323 e. The second kappa shape index (κ2) is 4.28. The summed E-state index contributed by atoms with van der Waals surface area (Å²) in [4.78, 5) is 0. The highest BCUT2D eigenvalue weighted by molar-refractivity contribution is 6.30. The van der Waals surface area contributed by atoms with Crippen LogP contribution in [-0.2, 0) is 7.05 Å². The van der Waals surface area contributed by atoms with Crippen molar-refractivity contribution in [1.82, 2.24) is 9.78 Å². The second-order valence-electron chi connectivity index (χ2n) is 3.88. The summed E-state index contributed by atoms with van der Waals surface area (Å²) >= 11 is 5.96. The van der Waals surface area contributed by atoms with Crippen LogP contribution in [0.3, 0.4) is 0 Å². The summed E-state index contributed by atoms with van der Waals surface area (Å²) in [6.45, 7) is 1.92. The van der Waals surface area contributed by atoms with Crippen LogP contribution in [0.4, 0.5) is 0 Å². The summed E-state index contributed by atoms with van der Waals surface area (Å²) in [6, 6.07) is 9.65. The summed E-state index contributed by atoms with van der Waals surface area (Å²) in [6.07, 6.45) is 0. The van der Waals surface area contributed by atoms with Crippen molar-refractivity contribution in [2.75, 3.05) is 0 Å². The van der Waals surface area contributed by atoms with E-state index < -0.39 is 0 Å². The number of rotatable bonds is 2. The molecule has 0 spiro atoms. The summed E-state index contributed by atoms with van der Waals surface area (Å²) in [5.41, 5.74) is 8.76. The van der Waals surface area contributed by atoms with Gasteiger partial charge < -0.3 is 5.73 Å². The molecular formula is C12H14ClN3. The van der Waals surface area contributed by atoms with Crippen molar-refractivity contribution in [1.29, 1.82) is 0 Å². The fourth-order valence-corrected chi connectivity index (χ4v) is 1.82. The van der Waals surface area contributed by atoms with Gasteiger partial charge in [-0.25, -0.2) is 0 Å². The molecule has 4 heteroatoms. The summed E-state index contributed by atoms with van der Waals surface area (Å²) < 4.78 is 1.82. The number of benzene rings is 1. The number of halogens is 1. The minimum Gasteiger partial charge on any atom is -0.323 e.